The molecule has 0 aliphatic carbocycles. The molecule has 25 heavy (non-hydrogen) atoms. The van der Waals surface area contributed by atoms with Gasteiger partial charge in [-0.2, -0.15) is 0 Å². The molecule has 0 saturated carbocycles. The Morgan fingerprint density at radius 2 is 1.88 bits per heavy atom. The monoisotopic (exact) mass is 334 g/mol. The Balaban J connectivity index is 1.66. The molecule has 4 rings (SSSR count). The fourth-order valence-corrected chi connectivity index (χ4v) is 3.10. The highest BCUT2D eigenvalue weighted by molar-refractivity contribution is 5.90. The minimum Gasteiger partial charge on any atom is -0.493 e. The second-order valence-electron chi connectivity index (χ2n) is 5.94. The van der Waals surface area contributed by atoms with Gasteiger partial charge in [-0.1, -0.05) is 36.4 Å². The Hall–Kier alpha value is -3.28. The number of benzene rings is 2. The fraction of sp³-hybridized carbons (Fsp3) is 0.158. The van der Waals surface area contributed by atoms with Crippen LogP contribution in [0.5, 0.6) is 5.88 Å². The molecule has 0 amide bonds. The summed E-state index contributed by atoms with van der Waals surface area (Å²) in [4.78, 5) is 16.8. The quantitative estimate of drug-likeness (QED) is 0.610. The SMILES string of the molecule is O=c1n(-c2cccc3ccccc23)cc(O)n1CCCn1ccnc1. The van der Waals surface area contributed by atoms with E-state index in [0.717, 1.165) is 29.4 Å². The summed E-state index contributed by atoms with van der Waals surface area (Å²) in [6, 6.07) is 13.7. The highest BCUT2D eigenvalue weighted by atomic mass is 16.3. The van der Waals surface area contributed by atoms with Gasteiger partial charge in [0.15, 0.2) is 0 Å². The average Bonchev–Trinajstić information content (AvgIpc) is 3.24. The maximum absolute atomic E-state index is 12.8. The zero-order valence-electron chi connectivity index (χ0n) is 13.6. The van der Waals surface area contributed by atoms with E-state index in [1.807, 2.05) is 53.2 Å². The van der Waals surface area contributed by atoms with Crippen molar-refractivity contribution in [2.75, 3.05) is 0 Å². The predicted molar refractivity (Wildman–Crippen MR) is 96.0 cm³/mol. The summed E-state index contributed by atoms with van der Waals surface area (Å²) < 4.78 is 4.86. The molecule has 0 spiro atoms. The van der Waals surface area contributed by atoms with Crippen LogP contribution in [-0.4, -0.2) is 23.8 Å². The summed E-state index contributed by atoms with van der Waals surface area (Å²) in [6.45, 7) is 1.19. The molecule has 6 heteroatoms. The van der Waals surface area contributed by atoms with Crippen molar-refractivity contribution in [3.63, 3.8) is 0 Å². The van der Waals surface area contributed by atoms with Crippen molar-refractivity contribution < 1.29 is 5.11 Å². The maximum atomic E-state index is 12.8. The van der Waals surface area contributed by atoms with Gasteiger partial charge in [0.1, 0.15) is 0 Å². The zero-order valence-corrected chi connectivity index (χ0v) is 13.6. The number of fused-ring (bicyclic) bond motifs is 1. The Labute approximate surface area is 144 Å². The zero-order chi connectivity index (χ0) is 17.2. The van der Waals surface area contributed by atoms with Crippen LogP contribution in [0.3, 0.4) is 0 Å². The van der Waals surface area contributed by atoms with E-state index in [9.17, 15) is 9.90 Å². The third-order valence-corrected chi connectivity index (χ3v) is 4.34. The first-order valence-corrected chi connectivity index (χ1v) is 8.19. The molecule has 0 bridgehead atoms. The lowest BCUT2D eigenvalue weighted by molar-refractivity contribution is 0.404. The number of aryl methyl sites for hydroxylation is 1. The first kappa shape index (κ1) is 15.3. The molecule has 2 aromatic heterocycles. The molecule has 6 nitrogen and oxygen atoms in total. The maximum Gasteiger partial charge on any atom is 0.335 e. The Morgan fingerprint density at radius 1 is 1.04 bits per heavy atom. The van der Waals surface area contributed by atoms with Crippen molar-refractivity contribution in [3.8, 4) is 11.6 Å². The van der Waals surface area contributed by atoms with Gasteiger partial charge in [0.2, 0.25) is 5.88 Å². The summed E-state index contributed by atoms with van der Waals surface area (Å²) in [5, 5.41) is 12.3. The molecule has 126 valence electrons. The number of nitrogens with zero attached hydrogens (tertiary/aromatic N) is 4. The normalized spacial score (nSPS) is 11.2. The Bertz CT molecular complexity index is 1060. The summed E-state index contributed by atoms with van der Waals surface area (Å²) in [5.41, 5.74) is 0.534. The van der Waals surface area contributed by atoms with E-state index in [4.69, 9.17) is 0 Å². The number of aromatic hydroxyl groups is 1. The molecule has 2 aromatic carbocycles. The summed E-state index contributed by atoms with van der Waals surface area (Å²) >= 11 is 0. The molecular weight excluding hydrogens is 316 g/mol. The topological polar surface area (TPSA) is 65.0 Å². The Morgan fingerprint density at radius 3 is 2.72 bits per heavy atom. The highest BCUT2D eigenvalue weighted by Gasteiger charge is 2.13. The first-order valence-electron chi connectivity index (χ1n) is 8.19. The molecule has 0 fully saturated rings. The summed E-state index contributed by atoms with van der Waals surface area (Å²) in [5.74, 6) is -0.0245. The highest BCUT2D eigenvalue weighted by Crippen LogP contribution is 2.22. The molecule has 0 unspecified atom stereocenters. The van der Waals surface area contributed by atoms with Crippen LogP contribution >= 0.6 is 0 Å². The molecule has 0 radical (unpaired) electrons. The number of aromatic nitrogens is 4. The first-order chi connectivity index (χ1) is 12.2. The van der Waals surface area contributed by atoms with Gasteiger partial charge in [0.25, 0.3) is 0 Å². The van der Waals surface area contributed by atoms with Crippen molar-refractivity contribution in [2.45, 2.75) is 19.5 Å². The van der Waals surface area contributed by atoms with Gasteiger partial charge >= 0.3 is 5.69 Å². The smallest absolute Gasteiger partial charge is 0.335 e. The van der Waals surface area contributed by atoms with Crippen molar-refractivity contribution in [1.82, 2.24) is 18.7 Å². The molecule has 0 aliphatic heterocycles. The number of hydrogen-bond acceptors (Lipinski definition) is 3. The predicted octanol–water partition coefficient (Wildman–Crippen LogP) is 2.78. The number of rotatable bonds is 5. The molecule has 0 aliphatic rings. The van der Waals surface area contributed by atoms with E-state index in [1.165, 1.54) is 15.3 Å². The van der Waals surface area contributed by atoms with Gasteiger partial charge in [0, 0.05) is 30.9 Å². The lowest BCUT2D eigenvalue weighted by atomic mass is 10.1. The standard InChI is InChI=1S/C19H18N4O2/c24-18-13-23(17-8-3-6-15-5-1-2-7-16(15)17)19(25)22(18)11-4-10-21-12-9-20-14-21/h1-3,5-9,12-14,24H,4,10-11H2. The molecule has 1 N–H and O–H groups in total. The largest absolute Gasteiger partial charge is 0.493 e. The number of imidazole rings is 2. The van der Waals surface area contributed by atoms with Crippen LogP contribution in [0, 0.1) is 0 Å². The van der Waals surface area contributed by atoms with Crippen LogP contribution in [0.2, 0.25) is 0 Å². The van der Waals surface area contributed by atoms with Gasteiger partial charge in [-0.3, -0.25) is 9.13 Å². The van der Waals surface area contributed by atoms with Gasteiger partial charge in [0.05, 0.1) is 18.2 Å². The average molecular weight is 334 g/mol. The molecular formula is C19H18N4O2. The van der Waals surface area contributed by atoms with E-state index >= 15 is 0 Å². The minimum atomic E-state index is -0.237. The minimum absolute atomic E-state index is 0.0245. The van der Waals surface area contributed by atoms with Crippen LogP contribution < -0.4 is 5.69 Å². The van der Waals surface area contributed by atoms with Crippen molar-refractivity contribution in [2.24, 2.45) is 0 Å². The Kier molecular flexibility index (Phi) is 3.85. The molecule has 2 heterocycles. The van der Waals surface area contributed by atoms with E-state index < -0.39 is 0 Å². The molecule has 4 aromatic rings. The molecule has 0 atom stereocenters. The van der Waals surface area contributed by atoms with Gasteiger partial charge < -0.3 is 9.67 Å². The van der Waals surface area contributed by atoms with Crippen LogP contribution in [0.1, 0.15) is 6.42 Å². The lowest BCUT2D eigenvalue weighted by Crippen LogP contribution is -2.23. The van der Waals surface area contributed by atoms with E-state index in [-0.39, 0.29) is 11.6 Å². The van der Waals surface area contributed by atoms with Crippen molar-refractivity contribution in [1.29, 1.82) is 0 Å². The van der Waals surface area contributed by atoms with Gasteiger partial charge in [-0.25, -0.2) is 9.78 Å². The van der Waals surface area contributed by atoms with Crippen molar-refractivity contribution in [3.05, 3.63) is 77.9 Å². The number of hydrogen-bond donors (Lipinski definition) is 1. The molecule has 0 saturated heterocycles. The second-order valence-corrected chi connectivity index (χ2v) is 5.94. The van der Waals surface area contributed by atoms with Crippen molar-refractivity contribution >= 4 is 10.8 Å². The summed E-state index contributed by atoms with van der Waals surface area (Å²) in [6.07, 6.45) is 7.55. The van der Waals surface area contributed by atoms with E-state index in [0.29, 0.717) is 6.54 Å². The van der Waals surface area contributed by atoms with Gasteiger partial charge in [-0.15, -0.1) is 0 Å². The van der Waals surface area contributed by atoms with Crippen LogP contribution in [-0.2, 0) is 13.1 Å². The lowest BCUT2D eigenvalue weighted by Gasteiger charge is -2.06. The van der Waals surface area contributed by atoms with Crippen LogP contribution in [0.25, 0.3) is 16.5 Å². The van der Waals surface area contributed by atoms with Crippen LogP contribution in [0.4, 0.5) is 0 Å². The third-order valence-electron chi connectivity index (χ3n) is 4.34. The van der Waals surface area contributed by atoms with Gasteiger partial charge in [-0.05, 0) is 17.9 Å². The fourth-order valence-electron chi connectivity index (χ4n) is 3.10. The third kappa shape index (κ3) is 2.82. The van der Waals surface area contributed by atoms with E-state index in [1.54, 1.807) is 12.5 Å². The summed E-state index contributed by atoms with van der Waals surface area (Å²) in [7, 11) is 0. The van der Waals surface area contributed by atoms with Crippen LogP contribution in [0.15, 0.2) is 72.2 Å². The second kappa shape index (κ2) is 6.32. The van der Waals surface area contributed by atoms with E-state index in [2.05, 4.69) is 4.98 Å².